The van der Waals surface area contributed by atoms with E-state index in [9.17, 15) is 26.4 Å². The molecular formula is C32H38N2O6S2. The number of carbonyl (C=O) groups excluding carboxylic acids is 2. The number of sulfonamides is 2. The van der Waals surface area contributed by atoms with E-state index in [4.69, 9.17) is 0 Å². The summed E-state index contributed by atoms with van der Waals surface area (Å²) >= 11 is 0. The summed E-state index contributed by atoms with van der Waals surface area (Å²) in [5, 5.41) is 0. The van der Waals surface area contributed by atoms with Crippen LogP contribution in [0.3, 0.4) is 0 Å². The predicted octanol–water partition coefficient (Wildman–Crippen LogP) is 6.29. The lowest BCUT2D eigenvalue weighted by atomic mass is 9.81. The van der Waals surface area contributed by atoms with Crippen molar-refractivity contribution in [3.63, 3.8) is 0 Å². The number of hydrogen-bond donors (Lipinski definition) is 2. The highest BCUT2D eigenvalue weighted by Crippen LogP contribution is 2.36. The number of nitrogens with one attached hydrogen (secondary N) is 2. The first-order valence-electron chi connectivity index (χ1n) is 13.8. The highest BCUT2D eigenvalue weighted by atomic mass is 32.2. The molecule has 224 valence electrons. The third kappa shape index (κ3) is 6.93. The maximum Gasteiger partial charge on any atom is 0.261 e. The second-order valence-corrected chi connectivity index (χ2v) is 16.1. The molecule has 0 heterocycles. The molecule has 1 aliphatic carbocycles. The topological polar surface area (TPSA) is 126 Å². The standard InChI is InChI=1S/C32H38N2O6S2/c1-31(2,3)21-10-15-24(16-11-21)41(37,38)33-23-14-19-27(26(20-23)30-28(35)8-7-9-29(30)36)34-42(39,40)25-17-12-22(13-18-25)32(4,5)6/h10-20,30,33-34H,7-9H2,1-6H3. The zero-order valence-electron chi connectivity index (χ0n) is 24.8. The molecule has 0 amide bonds. The normalized spacial score (nSPS) is 15.5. The van der Waals surface area contributed by atoms with Crippen molar-refractivity contribution < 1.29 is 26.4 Å². The van der Waals surface area contributed by atoms with E-state index in [-0.39, 0.29) is 62.0 Å². The Hall–Kier alpha value is -3.50. The van der Waals surface area contributed by atoms with Gasteiger partial charge in [0, 0.05) is 18.5 Å². The molecule has 4 rings (SSSR count). The van der Waals surface area contributed by atoms with Crippen molar-refractivity contribution in [1.82, 2.24) is 0 Å². The Labute approximate surface area is 249 Å². The second-order valence-electron chi connectivity index (χ2n) is 12.8. The molecule has 1 aliphatic rings. The third-order valence-corrected chi connectivity index (χ3v) is 10.2. The first-order valence-corrected chi connectivity index (χ1v) is 16.8. The van der Waals surface area contributed by atoms with Gasteiger partial charge in [0.1, 0.15) is 17.5 Å². The molecule has 2 N–H and O–H groups in total. The van der Waals surface area contributed by atoms with Crippen LogP contribution in [0.4, 0.5) is 11.4 Å². The van der Waals surface area contributed by atoms with Gasteiger partial charge in [-0.25, -0.2) is 16.8 Å². The van der Waals surface area contributed by atoms with Crippen LogP contribution in [-0.4, -0.2) is 28.4 Å². The van der Waals surface area contributed by atoms with E-state index in [1.54, 1.807) is 24.3 Å². The number of hydrogen-bond acceptors (Lipinski definition) is 6. The SMILES string of the molecule is CC(C)(C)c1ccc(S(=O)(=O)Nc2ccc(NS(=O)(=O)c3ccc(C(C)(C)C)cc3)c(C3C(=O)CCCC3=O)c2)cc1. The summed E-state index contributed by atoms with van der Waals surface area (Å²) < 4.78 is 58.2. The van der Waals surface area contributed by atoms with Crippen LogP contribution in [0.2, 0.25) is 0 Å². The number of ketones is 2. The molecule has 8 nitrogen and oxygen atoms in total. The second kappa shape index (κ2) is 11.3. The summed E-state index contributed by atoms with van der Waals surface area (Å²) in [6.07, 6.45) is 0.770. The fourth-order valence-electron chi connectivity index (χ4n) is 4.90. The zero-order valence-corrected chi connectivity index (χ0v) is 26.4. The van der Waals surface area contributed by atoms with Gasteiger partial charge in [-0.1, -0.05) is 65.8 Å². The fraction of sp³-hybridized carbons (Fsp3) is 0.375. The fourth-order valence-corrected chi connectivity index (χ4v) is 7.03. The Morgan fingerprint density at radius 1 is 0.619 bits per heavy atom. The van der Waals surface area contributed by atoms with Crippen molar-refractivity contribution in [2.75, 3.05) is 9.44 Å². The number of benzene rings is 3. The average molecular weight is 611 g/mol. The highest BCUT2D eigenvalue weighted by Gasteiger charge is 2.34. The van der Waals surface area contributed by atoms with Crippen LogP contribution in [-0.2, 0) is 40.5 Å². The van der Waals surface area contributed by atoms with Gasteiger partial charge in [-0.2, -0.15) is 0 Å². The first kappa shape index (κ1) is 31.4. The van der Waals surface area contributed by atoms with Crippen molar-refractivity contribution in [1.29, 1.82) is 0 Å². The van der Waals surface area contributed by atoms with Crippen LogP contribution in [0, 0.1) is 0 Å². The lowest BCUT2D eigenvalue weighted by molar-refractivity contribution is -0.131. The Balaban J connectivity index is 1.71. The van der Waals surface area contributed by atoms with Crippen LogP contribution < -0.4 is 9.44 Å². The van der Waals surface area contributed by atoms with Crippen molar-refractivity contribution in [3.8, 4) is 0 Å². The lowest BCUT2D eigenvalue weighted by Gasteiger charge is -2.24. The Morgan fingerprint density at radius 2 is 1.05 bits per heavy atom. The van der Waals surface area contributed by atoms with Crippen molar-refractivity contribution in [2.24, 2.45) is 0 Å². The molecule has 0 atom stereocenters. The van der Waals surface area contributed by atoms with Crippen LogP contribution in [0.25, 0.3) is 0 Å². The summed E-state index contributed by atoms with van der Waals surface area (Å²) in [4.78, 5) is 25.9. The van der Waals surface area contributed by atoms with Gasteiger partial charge in [-0.05, 0) is 76.4 Å². The van der Waals surface area contributed by atoms with Crippen molar-refractivity contribution >= 4 is 43.0 Å². The minimum absolute atomic E-state index is 0.0197. The van der Waals surface area contributed by atoms with Gasteiger partial charge in [0.05, 0.1) is 15.5 Å². The summed E-state index contributed by atoms with van der Waals surface area (Å²) in [6, 6.07) is 17.2. The molecular weight excluding hydrogens is 572 g/mol. The molecule has 0 radical (unpaired) electrons. The van der Waals surface area contributed by atoms with E-state index < -0.39 is 26.0 Å². The van der Waals surface area contributed by atoms with Gasteiger partial charge in [0.15, 0.2) is 0 Å². The van der Waals surface area contributed by atoms with E-state index in [0.29, 0.717) is 6.42 Å². The zero-order chi connectivity index (χ0) is 31.1. The molecule has 0 aromatic heterocycles. The van der Waals surface area contributed by atoms with Crippen LogP contribution in [0.15, 0.2) is 76.5 Å². The monoisotopic (exact) mass is 610 g/mol. The van der Waals surface area contributed by atoms with E-state index in [1.165, 1.54) is 42.5 Å². The Bertz CT molecular complexity index is 1700. The molecule has 3 aromatic carbocycles. The maximum absolute atomic E-state index is 13.4. The predicted molar refractivity (Wildman–Crippen MR) is 165 cm³/mol. The summed E-state index contributed by atoms with van der Waals surface area (Å²) in [5.41, 5.74) is 1.88. The molecule has 42 heavy (non-hydrogen) atoms. The number of rotatable bonds is 7. The van der Waals surface area contributed by atoms with E-state index in [1.807, 2.05) is 41.5 Å². The lowest BCUT2D eigenvalue weighted by Crippen LogP contribution is -2.28. The molecule has 0 spiro atoms. The first-order chi connectivity index (χ1) is 19.4. The van der Waals surface area contributed by atoms with Crippen LogP contribution in [0.1, 0.15) is 83.4 Å². The van der Waals surface area contributed by atoms with Gasteiger partial charge in [-0.3, -0.25) is 19.0 Å². The number of carbonyl (C=O) groups is 2. The number of anilines is 2. The van der Waals surface area contributed by atoms with Gasteiger partial charge in [0.2, 0.25) is 0 Å². The van der Waals surface area contributed by atoms with Gasteiger partial charge in [-0.15, -0.1) is 0 Å². The Morgan fingerprint density at radius 3 is 1.48 bits per heavy atom. The van der Waals surface area contributed by atoms with Crippen LogP contribution >= 0.6 is 0 Å². The highest BCUT2D eigenvalue weighted by molar-refractivity contribution is 7.93. The van der Waals surface area contributed by atoms with E-state index >= 15 is 0 Å². The van der Waals surface area contributed by atoms with E-state index in [2.05, 4.69) is 9.44 Å². The molecule has 0 unspecified atom stereocenters. The molecule has 1 saturated carbocycles. The van der Waals surface area contributed by atoms with Gasteiger partial charge in [0.25, 0.3) is 20.0 Å². The molecule has 0 aliphatic heterocycles. The van der Waals surface area contributed by atoms with Crippen molar-refractivity contribution in [3.05, 3.63) is 83.4 Å². The molecule has 10 heteroatoms. The molecule has 0 saturated heterocycles. The van der Waals surface area contributed by atoms with Gasteiger partial charge >= 0.3 is 0 Å². The maximum atomic E-state index is 13.4. The van der Waals surface area contributed by atoms with Gasteiger partial charge < -0.3 is 0 Å². The van der Waals surface area contributed by atoms with Crippen LogP contribution in [0.5, 0.6) is 0 Å². The summed E-state index contributed by atoms with van der Waals surface area (Å²) in [5.74, 6) is -1.87. The molecule has 1 fully saturated rings. The largest absolute Gasteiger partial charge is 0.299 e. The van der Waals surface area contributed by atoms with Crippen molar-refractivity contribution in [2.45, 2.75) is 87.3 Å². The smallest absolute Gasteiger partial charge is 0.261 e. The Kier molecular flexibility index (Phi) is 8.46. The third-order valence-electron chi connectivity index (χ3n) is 7.41. The minimum Gasteiger partial charge on any atom is -0.299 e. The summed E-state index contributed by atoms with van der Waals surface area (Å²) in [6.45, 7) is 12.2. The quantitative estimate of drug-likeness (QED) is 0.303. The number of Topliss-reactive ketones (excluding diaryl/α,β-unsaturated/α-hetero) is 2. The average Bonchev–Trinajstić information content (AvgIpc) is 2.89. The van der Waals surface area contributed by atoms with E-state index in [0.717, 1.165) is 11.1 Å². The minimum atomic E-state index is -4.09. The molecule has 0 bridgehead atoms. The molecule has 3 aromatic rings. The summed E-state index contributed by atoms with van der Waals surface area (Å²) in [7, 11) is -8.11.